The van der Waals surface area contributed by atoms with E-state index in [-0.39, 0.29) is 29.6 Å². The van der Waals surface area contributed by atoms with Crippen molar-refractivity contribution in [1.82, 2.24) is 0 Å². The molecule has 2 nitrogen and oxygen atoms in total. The van der Waals surface area contributed by atoms with Crippen LogP contribution in [0.4, 0.5) is 8.78 Å². The van der Waals surface area contributed by atoms with Gasteiger partial charge in [-0.25, -0.2) is 8.78 Å². The van der Waals surface area contributed by atoms with Gasteiger partial charge in [0.15, 0.2) is 0 Å². The molecule has 2 aliphatic rings. The Balaban J connectivity index is 2.05. The first kappa shape index (κ1) is 18.2. The average Bonchev–Trinajstić information content (AvgIpc) is 2.51. The van der Waals surface area contributed by atoms with Crippen LogP contribution >= 0.6 is 0 Å². The van der Waals surface area contributed by atoms with E-state index in [1.165, 1.54) is 17.7 Å². The number of benzene rings is 1. The van der Waals surface area contributed by atoms with Crippen LogP contribution in [0.3, 0.4) is 0 Å². The number of fused-ring (bicyclic) bond motifs is 3. The smallest absolute Gasteiger partial charge is 0.273 e. The fourth-order valence-corrected chi connectivity index (χ4v) is 4.32. The van der Waals surface area contributed by atoms with Gasteiger partial charge in [-0.3, -0.25) is 0 Å². The summed E-state index contributed by atoms with van der Waals surface area (Å²) < 4.78 is 35.1. The summed E-state index contributed by atoms with van der Waals surface area (Å²) >= 11 is 0. The molecule has 0 aromatic heterocycles. The molecule has 1 unspecified atom stereocenters. The summed E-state index contributed by atoms with van der Waals surface area (Å²) in [6, 6.07) is 2.71. The molecule has 3 rings (SSSR count). The Morgan fingerprint density at radius 2 is 2.04 bits per heavy atom. The fourth-order valence-electron chi connectivity index (χ4n) is 4.32. The minimum Gasteiger partial charge on any atom is -0.508 e. The molecule has 0 saturated carbocycles. The second-order valence-electron chi connectivity index (χ2n) is 8.12. The number of phenolic OH excluding ortho intramolecular Hbond substituents is 1. The molecule has 1 heterocycles. The lowest BCUT2D eigenvalue weighted by molar-refractivity contribution is -0.0185. The first-order valence-corrected chi connectivity index (χ1v) is 9.25. The Labute approximate surface area is 148 Å². The Bertz CT molecular complexity index is 691. The Hall–Kier alpha value is -1.58. The van der Waals surface area contributed by atoms with Gasteiger partial charge in [-0.05, 0) is 52.2 Å². The summed E-state index contributed by atoms with van der Waals surface area (Å²) in [5.41, 5.74) is 1.39. The molecule has 4 heteroatoms. The standard InChI is InChI=1S/C21H28F2O2/c1-5-6-9-21(22,23)14-11-17(24)19-15-10-13(2)7-8-16(15)20(3,4)25-18(19)12-14/h7,11-12,15-16,24H,5-6,8-10H2,1-4H3/t15-,16?/m1/s1. The third-order valence-corrected chi connectivity index (χ3v) is 5.77. The largest absolute Gasteiger partial charge is 0.508 e. The van der Waals surface area contributed by atoms with E-state index in [0.29, 0.717) is 24.2 Å². The van der Waals surface area contributed by atoms with Gasteiger partial charge < -0.3 is 9.84 Å². The van der Waals surface area contributed by atoms with Crippen molar-refractivity contribution in [2.24, 2.45) is 5.92 Å². The van der Waals surface area contributed by atoms with Gasteiger partial charge in [0.05, 0.1) is 0 Å². The minimum atomic E-state index is -2.95. The highest BCUT2D eigenvalue weighted by Crippen LogP contribution is 2.55. The molecule has 0 spiro atoms. The predicted molar refractivity (Wildman–Crippen MR) is 95.5 cm³/mol. The highest BCUT2D eigenvalue weighted by atomic mass is 19.3. The number of hydrogen-bond acceptors (Lipinski definition) is 2. The van der Waals surface area contributed by atoms with E-state index in [0.717, 1.165) is 12.8 Å². The van der Waals surface area contributed by atoms with Gasteiger partial charge >= 0.3 is 0 Å². The van der Waals surface area contributed by atoms with Gasteiger partial charge in [-0.2, -0.15) is 0 Å². The van der Waals surface area contributed by atoms with Crippen LogP contribution in [-0.4, -0.2) is 10.7 Å². The number of halogens is 2. The van der Waals surface area contributed by atoms with E-state index in [1.807, 2.05) is 20.8 Å². The number of alkyl halides is 2. The maximum Gasteiger partial charge on any atom is 0.273 e. The summed E-state index contributed by atoms with van der Waals surface area (Å²) in [5, 5.41) is 10.6. The summed E-state index contributed by atoms with van der Waals surface area (Å²) in [4.78, 5) is 0. The average molecular weight is 350 g/mol. The van der Waals surface area contributed by atoms with E-state index >= 15 is 0 Å². The molecule has 1 aliphatic heterocycles. The zero-order chi connectivity index (χ0) is 18.4. The second-order valence-corrected chi connectivity index (χ2v) is 8.12. The van der Waals surface area contributed by atoms with Gasteiger partial charge in [-0.15, -0.1) is 0 Å². The molecule has 25 heavy (non-hydrogen) atoms. The Morgan fingerprint density at radius 1 is 1.32 bits per heavy atom. The number of unbranched alkanes of at least 4 members (excludes halogenated alkanes) is 1. The van der Waals surface area contributed by atoms with Crippen LogP contribution in [0.15, 0.2) is 23.8 Å². The maximum absolute atomic E-state index is 14.5. The van der Waals surface area contributed by atoms with E-state index in [9.17, 15) is 13.9 Å². The molecule has 0 amide bonds. The van der Waals surface area contributed by atoms with E-state index in [1.54, 1.807) is 0 Å². The van der Waals surface area contributed by atoms with Crippen LogP contribution in [0.1, 0.15) is 76.8 Å². The SMILES string of the molecule is CCCCC(F)(F)c1cc(O)c2c(c1)OC(C)(C)C1CC=C(C)C[C@@H]21. The van der Waals surface area contributed by atoms with E-state index < -0.39 is 11.5 Å². The third-order valence-electron chi connectivity index (χ3n) is 5.77. The van der Waals surface area contributed by atoms with Gasteiger partial charge in [0, 0.05) is 29.4 Å². The number of phenols is 1. The zero-order valence-electron chi connectivity index (χ0n) is 15.5. The van der Waals surface area contributed by atoms with Crippen molar-refractivity contribution in [3.05, 3.63) is 34.9 Å². The molecule has 0 radical (unpaired) electrons. The van der Waals surface area contributed by atoms with Crippen molar-refractivity contribution in [2.75, 3.05) is 0 Å². The maximum atomic E-state index is 14.5. The number of aromatic hydroxyl groups is 1. The van der Waals surface area contributed by atoms with Crippen LogP contribution in [0.25, 0.3) is 0 Å². The summed E-state index contributed by atoms with van der Waals surface area (Å²) in [6.07, 6.45) is 4.90. The molecule has 138 valence electrons. The Kier molecular flexibility index (Phi) is 4.59. The fraction of sp³-hybridized carbons (Fsp3) is 0.619. The van der Waals surface area contributed by atoms with Gasteiger partial charge in [0.2, 0.25) is 0 Å². The van der Waals surface area contributed by atoms with Crippen LogP contribution in [0, 0.1) is 5.92 Å². The van der Waals surface area contributed by atoms with Crippen molar-refractivity contribution in [3.63, 3.8) is 0 Å². The van der Waals surface area contributed by atoms with E-state index in [2.05, 4.69) is 13.0 Å². The molecule has 1 N–H and O–H groups in total. The third kappa shape index (κ3) is 3.28. The summed E-state index contributed by atoms with van der Waals surface area (Å²) in [5.74, 6) is -2.23. The van der Waals surface area contributed by atoms with Crippen molar-refractivity contribution >= 4 is 0 Å². The van der Waals surface area contributed by atoms with Crippen molar-refractivity contribution in [2.45, 2.75) is 77.2 Å². The lowest BCUT2D eigenvalue weighted by atomic mass is 9.67. The van der Waals surface area contributed by atoms with Crippen LogP contribution in [0.2, 0.25) is 0 Å². The van der Waals surface area contributed by atoms with Crippen LogP contribution in [-0.2, 0) is 5.92 Å². The first-order chi connectivity index (χ1) is 11.7. The minimum absolute atomic E-state index is 0.0520. The summed E-state index contributed by atoms with van der Waals surface area (Å²) in [7, 11) is 0. The van der Waals surface area contributed by atoms with Crippen molar-refractivity contribution in [1.29, 1.82) is 0 Å². The zero-order valence-corrected chi connectivity index (χ0v) is 15.5. The number of ether oxygens (including phenoxy) is 1. The Morgan fingerprint density at radius 3 is 2.72 bits per heavy atom. The molecule has 1 aromatic carbocycles. The van der Waals surface area contributed by atoms with Gasteiger partial charge in [0.25, 0.3) is 5.92 Å². The van der Waals surface area contributed by atoms with Crippen molar-refractivity contribution in [3.8, 4) is 11.5 Å². The molecular formula is C21H28F2O2. The molecule has 1 aromatic rings. The topological polar surface area (TPSA) is 29.5 Å². The number of rotatable bonds is 4. The monoisotopic (exact) mass is 350 g/mol. The molecule has 2 atom stereocenters. The molecule has 0 fully saturated rings. The second kappa shape index (κ2) is 6.30. The molecule has 1 aliphatic carbocycles. The van der Waals surface area contributed by atoms with Crippen LogP contribution in [0.5, 0.6) is 11.5 Å². The predicted octanol–water partition coefficient (Wildman–Crippen LogP) is 6.29. The highest BCUT2D eigenvalue weighted by molar-refractivity contribution is 5.53. The molecule has 0 bridgehead atoms. The highest BCUT2D eigenvalue weighted by Gasteiger charge is 2.46. The normalized spacial score (nSPS) is 24.8. The molecule has 0 saturated heterocycles. The summed E-state index contributed by atoms with van der Waals surface area (Å²) in [6.45, 7) is 8.01. The lowest BCUT2D eigenvalue weighted by Crippen LogP contribution is -2.45. The van der Waals surface area contributed by atoms with Gasteiger partial charge in [-0.1, -0.05) is 25.0 Å². The van der Waals surface area contributed by atoms with Gasteiger partial charge in [0.1, 0.15) is 17.1 Å². The van der Waals surface area contributed by atoms with Crippen molar-refractivity contribution < 1.29 is 18.6 Å². The number of hydrogen-bond donors (Lipinski definition) is 1. The van der Waals surface area contributed by atoms with E-state index in [4.69, 9.17) is 4.74 Å². The first-order valence-electron chi connectivity index (χ1n) is 9.25. The van der Waals surface area contributed by atoms with Crippen LogP contribution < -0.4 is 4.74 Å². The lowest BCUT2D eigenvalue weighted by Gasteiger charge is -2.47. The quantitative estimate of drug-likeness (QED) is 0.647. The molecular weight excluding hydrogens is 322 g/mol. The number of allylic oxidation sites excluding steroid dienone is 2.